The molecule has 0 atom stereocenters. The van der Waals surface area contributed by atoms with Crippen LogP contribution in [0.2, 0.25) is 0 Å². The Morgan fingerprint density at radius 2 is 2.00 bits per heavy atom. The predicted octanol–water partition coefficient (Wildman–Crippen LogP) is 3.97. The third-order valence-electron chi connectivity index (χ3n) is 6.02. The number of hydrogen-bond acceptors (Lipinski definition) is 5. The molecular weight excluding hydrogens is 440 g/mol. The highest BCUT2D eigenvalue weighted by Crippen LogP contribution is 2.34. The lowest BCUT2D eigenvalue weighted by molar-refractivity contribution is 0.122. The van der Waals surface area contributed by atoms with Gasteiger partial charge in [-0.25, -0.2) is 18.8 Å². The van der Waals surface area contributed by atoms with Gasteiger partial charge in [0.15, 0.2) is 0 Å². The van der Waals surface area contributed by atoms with Gasteiger partial charge in [0.2, 0.25) is 0 Å². The molecular formula is C24H23F2N7O. The number of morpholine rings is 1. The van der Waals surface area contributed by atoms with Crippen molar-refractivity contribution in [3.8, 4) is 5.69 Å². The highest BCUT2D eigenvalue weighted by molar-refractivity contribution is 6.11. The molecule has 5 rings (SSSR count). The average Bonchev–Trinajstić information content (AvgIpc) is 3.18. The molecule has 2 aromatic carbocycles. The quantitative estimate of drug-likeness (QED) is 0.344. The molecule has 0 radical (unpaired) electrons. The first-order chi connectivity index (χ1) is 16.5. The van der Waals surface area contributed by atoms with Crippen molar-refractivity contribution in [1.29, 1.82) is 5.41 Å². The zero-order chi connectivity index (χ0) is 23.8. The van der Waals surface area contributed by atoms with Crippen LogP contribution in [0.3, 0.4) is 0 Å². The van der Waals surface area contributed by atoms with Crippen molar-refractivity contribution < 1.29 is 13.5 Å². The van der Waals surface area contributed by atoms with E-state index in [2.05, 4.69) is 14.9 Å². The highest BCUT2D eigenvalue weighted by Gasteiger charge is 2.22. The van der Waals surface area contributed by atoms with E-state index in [4.69, 9.17) is 20.9 Å². The largest absolute Gasteiger partial charge is 0.383 e. The van der Waals surface area contributed by atoms with Crippen molar-refractivity contribution in [1.82, 2.24) is 14.5 Å². The summed E-state index contributed by atoms with van der Waals surface area (Å²) < 4.78 is 34.7. The number of ether oxygens (including phenoxy) is 1. The minimum absolute atomic E-state index is 0.113. The van der Waals surface area contributed by atoms with Crippen LogP contribution in [-0.4, -0.2) is 53.0 Å². The third-order valence-corrected chi connectivity index (χ3v) is 6.02. The van der Waals surface area contributed by atoms with E-state index < -0.39 is 6.43 Å². The summed E-state index contributed by atoms with van der Waals surface area (Å²) in [5.41, 5.74) is 9.96. The molecule has 2 aromatic heterocycles. The molecule has 1 saturated heterocycles. The summed E-state index contributed by atoms with van der Waals surface area (Å²) in [4.78, 5) is 15.2. The van der Waals surface area contributed by atoms with Gasteiger partial charge < -0.3 is 15.4 Å². The zero-order valence-corrected chi connectivity index (χ0v) is 18.5. The van der Waals surface area contributed by atoms with E-state index in [0.717, 1.165) is 30.6 Å². The van der Waals surface area contributed by atoms with Gasteiger partial charge in [0.25, 0.3) is 6.43 Å². The number of hydrogen-bond donors (Lipinski definition) is 2. The second-order valence-electron chi connectivity index (χ2n) is 7.97. The summed E-state index contributed by atoms with van der Waals surface area (Å²) in [7, 11) is 0. The Morgan fingerprint density at radius 1 is 1.21 bits per heavy atom. The zero-order valence-electron chi connectivity index (χ0n) is 18.5. The van der Waals surface area contributed by atoms with E-state index in [1.54, 1.807) is 18.2 Å². The molecule has 0 aliphatic carbocycles. The van der Waals surface area contributed by atoms with E-state index in [-0.39, 0.29) is 16.9 Å². The summed E-state index contributed by atoms with van der Waals surface area (Å²) in [5, 5.41) is 7.95. The molecule has 3 heterocycles. The number of amidine groups is 1. The van der Waals surface area contributed by atoms with Crippen LogP contribution in [0.15, 0.2) is 47.6 Å². The van der Waals surface area contributed by atoms with E-state index in [1.165, 1.54) is 12.3 Å². The lowest BCUT2D eigenvalue weighted by Gasteiger charge is -2.29. The van der Waals surface area contributed by atoms with Crippen LogP contribution in [0.1, 0.15) is 23.4 Å². The number of nitrogens with two attached hydrogens (primary N) is 1. The molecule has 1 fully saturated rings. The molecule has 174 valence electrons. The molecule has 0 bridgehead atoms. The number of benzene rings is 2. The maximum absolute atomic E-state index is 13.7. The van der Waals surface area contributed by atoms with Crippen molar-refractivity contribution in [2.45, 2.75) is 13.3 Å². The van der Waals surface area contributed by atoms with Gasteiger partial charge in [0.1, 0.15) is 23.5 Å². The first-order valence-electron chi connectivity index (χ1n) is 10.8. The number of imidazole rings is 1. The smallest absolute Gasteiger partial charge is 0.265 e. The Morgan fingerprint density at radius 3 is 2.74 bits per heavy atom. The summed E-state index contributed by atoms with van der Waals surface area (Å²) in [6.07, 6.45) is -0.204. The Bertz CT molecular complexity index is 1420. The number of nitrogens with zero attached hydrogens (tertiary/aromatic N) is 5. The summed E-state index contributed by atoms with van der Waals surface area (Å²) in [5.74, 6) is 0.840. The van der Waals surface area contributed by atoms with Crippen LogP contribution in [0.4, 0.5) is 14.5 Å². The van der Waals surface area contributed by atoms with Crippen LogP contribution in [0.25, 0.3) is 27.6 Å². The second-order valence-corrected chi connectivity index (χ2v) is 7.97. The van der Waals surface area contributed by atoms with Gasteiger partial charge in [-0.3, -0.25) is 15.0 Å². The molecule has 1 aliphatic rings. The van der Waals surface area contributed by atoms with Crippen LogP contribution in [0.5, 0.6) is 0 Å². The molecule has 0 amide bonds. The Hall–Kier alpha value is -3.92. The van der Waals surface area contributed by atoms with Crippen molar-refractivity contribution in [3.05, 3.63) is 59.5 Å². The predicted molar refractivity (Wildman–Crippen MR) is 129 cm³/mol. The summed E-state index contributed by atoms with van der Waals surface area (Å²) in [6.45, 7) is 4.51. The first-order valence-corrected chi connectivity index (χ1v) is 10.8. The maximum Gasteiger partial charge on any atom is 0.265 e. The number of aryl methyl sites for hydroxylation is 1. The molecule has 8 nitrogen and oxygen atoms in total. The minimum atomic E-state index is -2.64. The van der Waals surface area contributed by atoms with Crippen LogP contribution in [0, 0.1) is 12.3 Å². The SMILES string of the molecule is Cc1nc2c(C(N)=NC=N)cc(N3CCOCC3)cc2n1-c1ccnc2c(C(F)F)cccc12. The van der Waals surface area contributed by atoms with Gasteiger partial charge in [0.05, 0.1) is 29.9 Å². The Labute approximate surface area is 194 Å². The van der Waals surface area contributed by atoms with Crippen molar-refractivity contribution in [2.75, 3.05) is 31.2 Å². The van der Waals surface area contributed by atoms with Gasteiger partial charge in [-0.15, -0.1) is 0 Å². The molecule has 0 saturated carbocycles. The van der Waals surface area contributed by atoms with Crippen molar-refractivity contribution in [3.63, 3.8) is 0 Å². The van der Waals surface area contributed by atoms with Gasteiger partial charge in [-0.2, -0.15) is 0 Å². The number of para-hydroxylation sites is 1. The van der Waals surface area contributed by atoms with E-state index in [0.29, 0.717) is 41.2 Å². The third kappa shape index (κ3) is 3.65. The van der Waals surface area contributed by atoms with Crippen molar-refractivity contribution >= 4 is 39.8 Å². The molecule has 34 heavy (non-hydrogen) atoms. The second kappa shape index (κ2) is 8.79. The number of rotatable bonds is 5. The lowest BCUT2D eigenvalue weighted by atomic mass is 10.1. The Kier molecular flexibility index (Phi) is 5.66. The topological polar surface area (TPSA) is 105 Å². The number of nitrogens with one attached hydrogen (secondary N) is 1. The van der Waals surface area contributed by atoms with Gasteiger partial charge in [0, 0.05) is 41.5 Å². The summed E-state index contributed by atoms with van der Waals surface area (Å²) >= 11 is 0. The number of alkyl halides is 2. The number of aliphatic imine (C=N–C) groups is 1. The van der Waals surface area contributed by atoms with Gasteiger partial charge in [-0.1, -0.05) is 18.2 Å². The maximum atomic E-state index is 13.7. The normalized spacial score (nSPS) is 14.9. The molecule has 4 aromatic rings. The highest BCUT2D eigenvalue weighted by atomic mass is 19.3. The standard InChI is InChI=1S/C24H23F2N7O/c1-14-31-22-18(24(28)30-13-27)11-15(32-7-9-34-10-8-32)12-20(22)33(14)19-5-6-29-21-16(19)3-2-4-17(21)23(25)26/h2-6,11-13,23H,7-10H2,1H3,(H3,27,28,30). The fourth-order valence-corrected chi connectivity index (χ4v) is 4.48. The van der Waals surface area contributed by atoms with Crippen molar-refractivity contribution in [2.24, 2.45) is 10.7 Å². The molecule has 3 N–H and O–H groups in total. The monoisotopic (exact) mass is 463 g/mol. The number of anilines is 1. The molecule has 1 aliphatic heterocycles. The average molecular weight is 463 g/mol. The minimum Gasteiger partial charge on any atom is -0.383 e. The number of halogens is 2. The van der Waals surface area contributed by atoms with Gasteiger partial charge in [-0.05, 0) is 25.1 Å². The molecule has 0 spiro atoms. The fraction of sp³-hybridized carbons (Fsp3) is 0.250. The van der Waals surface area contributed by atoms with E-state index >= 15 is 0 Å². The number of fused-ring (bicyclic) bond motifs is 2. The molecule has 0 unspecified atom stereocenters. The van der Waals surface area contributed by atoms with E-state index in [9.17, 15) is 8.78 Å². The number of aromatic nitrogens is 3. The summed E-state index contributed by atoms with van der Waals surface area (Å²) in [6, 6.07) is 10.5. The van der Waals surface area contributed by atoms with Crippen LogP contribution in [-0.2, 0) is 4.74 Å². The number of pyridine rings is 1. The lowest BCUT2D eigenvalue weighted by Crippen LogP contribution is -2.36. The van der Waals surface area contributed by atoms with Crippen LogP contribution < -0.4 is 10.6 Å². The Balaban J connectivity index is 1.81. The van der Waals surface area contributed by atoms with Crippen LogP contribution >= 0.6 is 0 Å². The molecule has 10 heteroatoms. The van der Waals surface area contributed by atoms with E-state index in [1.807, 2.05) is 23.6 Å². The first kappa shape index (κ1) is 21.9. The van der Waals surface area contributed by atoms with Gasteiger partial charge >= 0.3 is 0 Å². The fourth-order valence-electron chi connectivity index (χ4n) is 4.48.